The van der Waals surface area contributed by atoms with Gasteiger partial charge in [0.2, 0.25) is 0 Å². The van der Waals surface area contributed by atoms with E-state index in [1.54, 1.807) is 0 Å². The predicted octanol–water partition coefficient (Wildman–Crippen LogP) is 3.19. The van der Waals surface area contributed by atoms with Gasteiger partial charge in [0.15, 0.2) is 0 Å². The number of amides is 2. The van der Waals surface area contributed by atoms with E-state index in [2.05, 4.69) is 10.8 Å². The summed E-state index contributed by atoms with van der Waals surface area (Å²) in [6.07, 6.45) is -0.647. The molecule has 2 rings (SSSR count). The monoisotopic (exact) mass is 356 g/mol. The Morgan fingerprint density at radius 3 is 1.96 bits per heavy atom. The molecule has 138 valence electrons. The fourth-order valence-electron chi connectivity index (χ4n) is 2.25. The molecule has 2 aromatic carbocycles. The van der Waals surface area contributed by atoms with E-state index in [1.165, 1.54) is 0 Å². The second-order valence-corrected chi connectivity index (χ2v) is 6.17. The average molecular weight is 356 g/mol. The summed E-state index contributed by atoms with van der Waals surface area (Å²) in [5.41, 5.74) is 4.19. The Morgan fingerprint density at radius 2 is 1.42 bits per heavy atom. The lowest BCUT2D eigenvalue weighted by atomic mass is 10.0. The Balaban J connectivity index is 1.79. The maximum Gasteiger partial charge on any atom is 0.408 e. The minimum Gasteiger partial charge on any atom is -0.445 e. The molecule has 0 bridgehead atoms. The molecule has 0 aliphatic carbocycles. The Kier molecular flexibility index (Phi) is 7.64. The molecule has 26 heavy (non-hydrogen) atoms. The molecular formula is C20H24N2O4. The van der Waals surface area contributed by atoms with Gasteiger partial charge in [0.05, 0.1) is 6.61 Å². The van der Waals surface area contributed by atoms with Gasteiger partial charge in [-0.05, 0) is 17.0 Å². The minimum absolute atomic E-state index is 0.125. The van der Waals surface area contributed by atoms with E-state index >= 15 is 0 Å². The lowest BCUT2D eigenvalue weighted by Crippen LogP contribution is -2.49. The van der Waals surface area contributed by atoms with Crippen LogP contribution in [0, 0.1) is 5.92 Å². The van der Waals surface area contributed by atoms with E-state index in [0.29, 0.717) is 0 Å². The van der Waals surface area contributed by atoms with Crippen LogP contribution in [0.4, 0.5) is 4.79 Å². The number of hydrogen-bond donors (Lipinski definition) is 2. The van der Waals surface area contributed by atoms with Gasteiger partial charge in [-0.15, -0.1) is 0 Å². The molecule has 2 N–H and O–H groups in total. The van der Waals surface area contributed by atoms with Gasteiger partial charge in [0.25, 0.3) is 5.91 Å². The van der Waals surface area contributed by atoms with Crippen molar-refractivity contribution >= 4 is 12.0 Å². The highest BCUT2D eigenvalue weighted by Crippen LogP contribution is 2.05. The van der Waals surface area contributed by atoms with E-state index in [-0.39, 0.29) is 19.1 Å². The summed E-state index contributed by atoms with van der Waals surface area (Å²) in [6, 6.07) is 18.1. The molecule has 2 aromatic rings. The normalized spacial score (nSPS) is 11.7. The molecule has 0 unspecified atom stereocenters. The van der Waals surface area contributed by atoms with Crippen LogP contribution in [0.2, 0.25) is 0 Å². The Labute approximate surface area is 153 Å². The quantitative estimate of drug-likeness (QED) is 0.712. The topological polar surface area (TPSA) is 76.7 Å². The number of nitrogens with one attached hydrogen (secondary N) is 2. The van der Waals surface area contributed by atoms with Crippen LogP contribution >= 0.6 is 0 Å². The van der Waals surface area contributed by atoms with Gasteiger partial charge in [0.1, 0.15) is 12.6 Å². The molecule has 6 heteroatoms. The smallest absolute Gasteiger partial charge is 0.408 e. The van der Waals surface area contributed by atoms with E-state index in [0.717, 1.165) is 11.1 Å². The van der Waals surface area contributed by atoms with E-state index in [4.69, 9.17) is 9.57 Å². The summed E-state index contributed by atoms with van der Waals surface area (Å²) >= 11 is 0. The summed E-state index contributed by atoms with van der Waals surface area (Å²) in [7, 11) is 0. The SMILES string of the molecule is CC(C)[C@H](NC(=O)OCc1ccccc1)C(=O)NOCc1ccccc1. The number of carbonyl (C=O) groups excluding carboxylic acids is 2. The molecule has 0 aliphatic rings. The zero-order chi connectivity index (χ0) is 18.8. The largest absolute Gasteiger partial charge is 0.445 e. The van der Waals surface area contributed by atoms with E-state index in [1.807, 2.05) is 74.5 Å². The third-order valence-corrected chi connectivity index (χ3v) is 3.69. The molecule has 1 atom stereocenters. The molecule has 0 fully saturated rings. The van der Waals surface area contributed by atoms with Crippen LogP contribution in [0.3, 0.4) is 0 Å². The number of benzene rings is 2. The third-order valence-electron chi connectivity index (χ3n) is 3.69. The Hall–Kier alpha value is -2.86. The predicted molar refractivity (Wildman–Crippen MR) is 97.8 cm³/mol. The van der Waals surface area contributed by atoms with Crippen molar-refractivity contribution in [3.8, 4) is 0 Å². The van der Waals surface area contributed by atoms with Gasteiger partial charge in [-0.1, -0.05) is 74.5 Å². The van der Waals surface area contributed by atoms with E-state index in [9.17, 15) is 9.59 Å². The van der Waals surface area contributed by atoms with Crippen molar-refractivity contribution in [1.82, 2.24) is 10.8 Å². The maximum absolute atomic E-state index is 12.3. The van der Waals surface area contributed by atoms with Gasteiger partial charge >= 0.3 is 6.09 Å². The van der Waals surface area contributed by atoms with Crippen LogP contribution in [0.15, 0.2) is 60.7 Å². The second-order valence-electron chi connectivity index (χ2n) is 6.17. The van der Waals surface area contributed by atoms with Crippen molar-refractivity contribution in [3.05, 3.63) is 71.8 Å². The zero-order valence-corrected chi connectivity index (χ0v) is 15.0. The fraction of sp³-hybridized carbons (Fsp3) is 0.300. The van der Waals surface area contributed by atoms with Crippen LogP contribution in [0.1, 0.15) is 25.0 Å². The molecule has 0 aliphatic heterocycles. The highest BCUT2D eigenvalue weighted by atomic mass is 16.7. The first-order valence-electron chi connectivity index (χ1n) is 8.49. The molecule has 0 heterocycles. The van der Waals surface area contributed by atoms with Crippen LogP contribution in [-0.2, 0) is 27.6 Å². The molecular weight excluding hydrogens is 332 g/mol. The highest BCUT2D eigenvalue weighted by molar-refractivity contribution is 5.85. The summed E-state index contributed by atoms with van der Waals surface area (Å²) in [4.78, 5) is 29.5. The summed E-state index contributed by atoms with van der Waals surface area (Å²) < 4.78 is 5.16. The Bertz CT molecular complexity index is 689. The second kappa shape index (κ2) is 10.2. The van der Waals surface area contributed by atoms with Crippen LogP contribution < -0.4 is 10.8 Å². The first-order chi connectivity index (χ1) is 12.6. The molecule has 0 saturated carbocycles. The number of hydroxylamine groups is 1. The first kappa shape index (κ1) is 19.5. The highest BCUT2D eigenvalue weighted by Gasteiger charge is 2.25. The van der Waals surface area contributed by atoms with Crippen molar-refractivity contribution in [2.45, 2.75) is 33.1 Å². The molecule has 0 radical (unpaired) electrons. The fourth-order valence-corrected chi connectivity index (χ4v) is 2.25. The lowest BCUT2D eigenvalue weighted by molar-refractivity contribution is -0.137. The van der Waals surface area contributed by atoms with Crippen molar-refractivity contribution in [3.63, 3.8) is 0 Å². The number of ether oxygens (including phenoxy) is 1. The van der Waals surface area contributed by atoms with Crippen LogP contribution in [0.5, 0.6) is 0 Å². The molecule has 0 aromatic heterocycles. The minimum atomic E-state index is -0.756. The summed E-state index contributed by atoms with van der Waals surface area (Å²) in [5, 5.41) is 2.58. The molecule has 0 saturated heterocycles. The van der Waals surface area contributed by atoms with Crippen LogP contribution in [-0.4, -0.2) is 18.0 Å². The van der Waals surface area contributed by atoms with Crippen molar-refractivity contribution < 1.29 is 19.2 Å². The Morgan fingerprint density at radius 1 is 0.885 bits per heavy atom. The van der Waals surface area contributed by atoms with E-state index < -0.39 is 18.0 Å². The van der Waals surface area contributed by atoms with Crippen molar-refractivity contribution in [2.75, 3.05) is 0 Å². The van der Waals surface area contributed by atoms with Crippen LogP contribution in [0.25, 0.3) is 0 Å². The van der Waals surface area contributed by atoms with Gasteiger partial charge in [0, 0.05) is 0 Å². The van der Waals surface area contributed by atoms with Crippen molar-refractivity contribution in [2.24, 2.45) is 5.92 Å². The molecule has 6 nitrogen and oxygen atoms in total. The summed E-state index contributed by atoms with van der Waals surface area (Å²) in [5.74, 6) is -0.549. The van der Waals surface area contributed by atoms with Crippen molar-refractivity contribution in [1.29, 1.82) is 0 Å². The van der Waals surface area contributed by atoms with Gasteiger partial charge in [-0.3, -0.25) is 9.63 Å². The number of rotatable bonds is 8. The lowest BCUT2D eigenvalue weighted by Gasteiger charge is -2.21. The van der Waals surface area contributed by atoms with Gasteiger partial charge in [-0.25, -0.2) is 10.3 Å². The average Bonchev–Trinajstić information content (AvgIpc) is 2.65. The number of alkyl carbamates (subject to hydrolysis) is 1. The van der Waals surface area contributed by atoms with Gasteiger partial charge < -0.3 is 10.1 Å². The third kappa shape index (κ3) is 6.57. The zero-order valence-electron chi connectivity index (χ0n) is 15.0. The molecule has 2 amide bonds. The summed E-state index contributed by atoms with van der Waals surface area (Å²) in [6.45, 7) is 4.05. The standard InChI is InChI=1S/C20H24N2O4/c1-15(2)18(19(23)22-26-14-17-11-7-4-8-12-17)21-20(24)25-13-16-9-5-3-6-10-16/h3-12,15,18H,13-14H2,1-2H3,(H,21,24)(H,22,23)/t18-/m0/s1. The number of carbonyl (C=O) groups is 2. The first-order valence-corrected chi connectivity index (χ1v) is 8.49. The van der Waals surface area contributed by atoms with Gasteiger partial charge in [-0.2, -0.15) is 0 Å². The number of hydrogen-bond acceptors (Lipinski definition) is 4. The maximum atomic E-state index is 12.3. The molecule has 0 spiro atoms.